The number of aryl methyl sites for hydroxylation is 4. The van der Waals surface area contributed by atoms with E-state index in [1.807, 2.05) is 32.9 Å². The molecule has 0 aliphatic carbocycles. The highest BCUT2D eigenvalue weighted by Crippen LogP contribution is 2.24. The highest BCUT2D eigenvalue weighted by Gasteiger charge is 2.13. The molecule has 2 rings (SSSR count). The van der Waals surface area contributed by atoms with Crippen molar-refractivity contribution in [3.8, 4) is 5.75 Å². The molecule has 0 saturated carbocycles. The van der Waals surface area contributed by atoms with Gasteiger partial charge in [-0.15, -0.1) is 0 Å². The molecule has 0 amide bonds. The summed E-state index contributed by atoms with van der Waals surface area (Å²) in [5.41, 5.74) is 5.40. The maximum atomic E-state index is 11.3. The zero-order valence-electron chi connectivity index (χ0n) is 12.9. The van der Waals surface area contributed by atoms with E-state index in [9.17, 15) is 9.90 Å². The van der Waals surface area contributed by atoms with Gasteiger partial charge in [0.1, 0.15) is 12.4 Å². The molecular formula is C18H20O3. The highest BCUT2D eigenvalue weighted by atomic mass is 16.5. The van der Waals surface area contributed by atoms with Crippen LogP contribution in [0, 0.1) is 27.7 Å². The summed E-state index contributed by atoms with van der Waals surface area (Å²) in [5, 5.41) is 9.27. The van der Waals surface area contributed by atoms with E-state index < -0.39 is 5.97 Å². The van der Waals surface area contributed by atoms with E-state index >= 15 is 0 Å². The van der Waals surface area contributed by atoms with Gasteiger partial charge in [0, 0.05) is 5.56 Å². The Bertz CT molecular complexity index is 687. The summed E-state index contributed by atoms with van der Waals surface area (Å²) in [4.78, 5) is 11.3. The molecule has 0 spiro atoms. The molecule has 21 heavy (non-hydrogen) atoms. The van der Waals surface area contributed by atoms with Gasteiger partial charge in [-0.3, -0.25) is 0 Å². The second kappa shape index (κ2) is 6.00. The third-order valence-electron chi connectivity index (χ3n) is 3.80. The maximum absolute atomic E-state index is 11.3. The lowest BCUT2D eigenvalue weighted by molar-refractivity contribution is 0.0693. The first-order chi connectivity index (χ1) is 9.90. The standard InChI is InChI=1S/C18H20O3/c1-11-6-5-7-15(18(19)20)16(11)10-21-17-9-13(3)12(2)8-14(17)4/h5-9H,10H2,1-4H3,(H,19,20). The number of carboxylic acids is 1. The fourth-order valence-electron chi connectivity index (χ4n) is 2.33. The number of carbonyl (C=O) groups is 1. The quantitative estimate of drug-likeness (QED) is 0.915. The number of carboxylic acid groups (broad SMARTS) is 1. The summed E-state index contributed by atoms with van der Waals surface area (Å²) in [5.74, 6) is -0.119. The molecule has 0 aliphatic rings. The molecule has 0 aliphatic heterocycles. The Balaban J connectivity index is 2.29. The Morgan fingerprint density at radius 1 is 1.00 bits per heavy atom. The molecule has 2 aromatic rings. The van der Waals surface area contributed by atoms with Crippen molar-refractivity contribution in [2.45, 2.75) is 34.3 Å². The van der Waals surface area contributed by atoms with E-state index in [0.717, 1.165) is 22.4 Å². The summed E-state index contributed by atoms with van der Waals surface area (Å²) in [7, 11) is 0. The Labute approximate surface area is 125 Å². The zero-order valence-corrected chi connectivity index (χ0v) is 12.9. The van der Waals surface area contributed by atoms with Gasteiger partial charge < -0.3 is 9.84 Å². The van der Waals surface area contributed by atoms with Gasteiger partial charge in [-0.1, -0.05) is 18.2 Å². The first-order valence-corrected chi connectivity index (χ1v) is 6.92. The first-order valence-electron chi connectivity index (χ1n) is 6.92. The van der Waals surface area contributed by atoms with Gasteiger partial charge >= 0.3 is 5.97 Å². The molecule has 0 radical (unpaired) electrons. The summed E-state index contributed by atoms with van der Waals surface area (Å²) in [6.07, 6.45) is 0. The number of hydrogen-bond acceptors (Lipinski definition) is 2. The van der Waals surface area contributed by atoms with Crippen molar-refractivity contribution < 1.29 is 14.6 Å². The van der Waals surface area contributed by atoms with Crippen molar-refractivity contribution in [1.29, 1.82) is 0 Å². The Hall–Kier alpha value is -2.29. The van der Waals surface area contributed by atoms with Crippen molar-refractivity contribution >= 4 is 5.97 Å². The van der Waals surface area contributed by atoms with Gasteiger partial charge in [-0.2, -0.15) is 0 Å². The van der Waals surface area contributed by atoms with Crippen LogP contribution >= 0.6 is 0 Å². The van der Waals surface area contributed by atoms with E-state index in [1.54, 1.807) is 12.1 Å². The third-order valence-corrected chi connectivity index (χ3v) is 3.80. The zero-order chi connectivity index (χ0) is 15.6. The van der Waals surface area contributed by atoms with Crippen LogP contribution in [0.1, 0.15) is 38.2 Å². The van der Waals surface area contributed by atoms with Crippen LogP contribution in [0.15, 0.2) is 30.3 Å². The van der Waals surface area contributed by atoms with Crippen molar-refractivity contribution in [3.63, 3.8) is 0 Å². The van der Waals surface area contributed by atoms with Crippen LogP contribution in [0.25, 0.3) is 0 Å². The van der Waals surface area contributed by atoms with Crippen molar-refractivity contribution in [2.24, 2.45) is 0 Å². The second-order valence-electron chi connectivity index (χ2n) is 5.40. The van der Waals surface area contributed by atoms with Gasteiger partial charge in [0.05, 0.1) is 5.56 Å². The van der Waals surface area contributed by atoms with Gasteiger partial charge in [-0.25, -0.2) is 4.79 Å². The summed E-state index contributed by atoms with van der Waals surface area (Å²) in [6.45, 7) is 8.27. The Morgan fingerprint density at radius 2 is 1.67 bits per heavy atom. The number of ether oxygens (including phenoxy) is 1. The van der Waals surface area contributed by atoms with Gasteiger partial charge in [0.25, 0.3) is 0 Å². The topological polar surface area (TPSA) is 46.5 Å². The fraction of sp³-hybridized carbons (Fsp3) is 0.278. The molecule has 0 heterocycles. The van der Waals surface area contributed by atoms with E-state index in [1.165, 1.54) is 11.1 Å². The molecule has 0 fully saturated rings. The summed E-state index contributed by atoms with van der Waals surface area (Å²) < 4.78 is 5.87. The van der Waals surface area contributed by atoms with Crippen LogP contribution in [0.5, 0.6) is 5.75 Å². The lowest BCUT2D eigenvalue weighted by Crippen LogP contribution is -2.08. The molecule has 0 atom stereocenters. The third kappa shape index (κ3) is 3.24. The first kappa shape index (κ1) is 15.1. The molecule has 3 nitrogen and oxygen atoms in total. The van der Waals surface area contributed by atoms with Crippen LogP contribution in [0.3, 0.4) is 0 Å². The predicted octanol–water partition coefficient (Wildman–Crippen LogP) is 4.20. The normalized spacial score (nSPS) is 10.5. The van der Waals surface area contributed by atoms with E-state index in [-0.39, 0.29) is 6.61 Å². The van der Waals surface area contributed by atoms with Crippen LogP contribution < -0.4 is 4.74 Å². The highest BCUT2D eigenvalue weighted by molar-refractivity contribution is 5.89. The minimum Gasteiger partial charge on any atom is -0.489 e. The van der Waals surface area contributed by atoms with Gasteiger partial charge in [0.2, 0.25) is 0 Å². The molecule has 0 aromatic heterocycles. The number of hydrogen-bond donors (Lipinski definition) is 1. The molecule has 110 valence electrons. The average Bonchev–Trinajstić information content (AvgIpc) is 2.42. The largest absolute Gasteiger partial charge is 0.489 e. The molecule has 1 N–H and O–H groups in total. The van der Waals surface area contributed by atoms with Crippen LogP contribution in [0.4, 0.5) is 0 Å². The monoisotopic (exact) mass is 284 g/mol. The lowest BCUT2D eigenvalue weighted by Gasteiger charge is -2.14. The van der Waals surface area contributed by atoms with Crippen LogP contribution in [-0.4, -0.2) is 11.1 Å². The minimum absolute atomic E-state index is 0.262. The molecule has 0 saturated heterocycles. The summed E-state index contributed by atoms with van der Waals surface area (Å²) in [6, 6.07) is 9.35. The molecule has 2 aromatic carbocycles. The SMILES string of the molecule is Cc1cc(C)c(OCc2c(C)cccc2C(=O)O)cc1C. The predicted molar refractivity (Wildman–Crippen MR) is 83.1 cm³/mol. The van der Waals surface area contributed by atoms with E-state index in [2.05, 4.69) is 13.0 Å². The van der Waals surface area contributed by atoms with Crippen molar-refractivity contribution in [3.05, 3.63) is 63.7 Å². The number of rotatable bonds is 4. The summed E-state index contributed by atoms with van der Waals surface area (Å²) >= 11 is 0. The Morgan fingerprint density at radius 3 is 2.33 bits per heavy atom. The molecule has 0 unspecified atom stereocenters. The molecule has 0 bridgehead atoms. The number of aromatic carboxylic acids is 1. The Kier molecular flexibility index (Phi) is 4.32. The van der Waals surface area contributed by atoms with Crippen LogP contribution in [0.2, 0.25) is 0 Å². The maximum Gasteiger partial charge on any atom is 0.336 e. The molecular weight excluding hydrogens is 264 g/mol. The minimum atomic E-state index is -0.922. The van der Waals surface area contributed by atoms with Gasteiger partial charge in [0.15, 0.2) is 0 Å². The van der Waals surface area contributed by atoms with E-state index in [0.29, 0.717) is 5.56 Å². The van der Waals surface area contributed by atoms with E-state index in [4.69, 9.17) is 4.74 Å². The molecule has 3 heteroatoms. The fourth-order valence-corrected chi connectivity index (χ4v) is 2.33. The smallest absolute Gasteiger partial charge is 0.336 e. The second-order valence-corrected chi connectivity index (χ2v) is 5.40. The van der Waals surface area contributed by atoms with Crippen molar-refractivity contribution in [1.82, 2.24) is 0 Å². The number of benzene rings is 2. The van der Waals surface area contributed by atoms with Crippen molar-refractivity contribution in [2.75, 3.05) is 0 Å². The average molecular weight is 284 g/mol. The van der Waals surface area contributed by atoms with Gasteiger partial charge in [-0.05, 0) is 62.1 Å². The van der Waals surface area contributed by atoms with Crippen LogP contribution in [-0.2, 0) is 6.61 Å². The lowest BCUT2D eigenvalue weighted by atomic mass is 10.0.